The van der Waals surface area contributed by atoms with Gasteiger partial charge in [0.1, 0.15) is 13.3 Å². The normalized spacial score (nSPS) is 12.3. The predicted octanol–water partition coefficient (Wildman–Crippen LogP) is 4.03. The average molecular weight is 696 g/mol. The molecule has 0 aromatic heterocycles. The Labute approximate surface area is 289 Å². The van der Waals surface area contributed by atoms with Crippen LogP contribution in [-0.2, 0) is 47.4 Å². The van der Waals surface area contributed by atoms with Gasteiger partial charge in [-0.25, -0.2) is 9.18 Å². The van der Waals surface area contributed by atoms with Gasteiger partial charge in [0.25, 0.3) is 0 Å². The first-order valence-electron chi connectivity index (χ1n) is 17.2. The number of amides is 1. The van der Waals surface area contributed by atoms with E-state index >= 15 is 0 Å². The van der Waals surface area contributed by atoms with Crippen molar-refractivity contribution in [1.82, 2.24) is 5.32 Å². The number of alkyl halides is 1. The third-order valence-electron chi connectivity index (χ3n) is 7.28. The maximum atomic E-state index is 12.2. The van der Waals surface area contributed by atoms with E-state index in [2.05, 4.69) is 29.6 Å². The van der Waals surface area contributed by atoms with E-state index in [1.165, 1.54) is 22.3 Å². The van der Waals surface area contributed by atoms with Crippen LogP contribution in [0.15, 0.2) is 48.5 Å². The molecule has 0 saturated heterocycles. The Balaban J connectivity index is 0.979. The number of nitrogens with one attached hydrogen (secondary N) is 1. The lowest BCUT2D eigenvalue weighted by Gasteiger charge is -2.14. The lowest BCUT2D eigenvalue weighted by molar-refractivity contribution is -0.0251. The molecule has 1 aliphatic carbocycles. The third-order valence-corrected chi connectivity index (χ3v) is 7.28. The number of hydrogen-bond acceptors (Lipinski definition) is 11. The van der Waals surface area contributed by atoms with Crippen LogP contribution in [0.5, 0.6) is 0 Å². The molecule has 0 spiro atoms. The quantitative estimate of drug-likeness (QED) is 0.112. The molecule has 1 amide bonds. The van der Waals surface area contributed by atoms with Crippen molar-refractivity contribution < 1.29 is 56.6 Å². The van der Waals surface area contributed by atoms with Gasteiger partial charge in [0.15, 0.2) is 0 Å². The standard InChI is InChI=1S/C36H54FNO11/c37-10-13-41-15-17-43-19-21-45-23-25-47-27-29-48-28-26-46-24-22-44-20-18-42-16-14-40-12-5-11-38-36(39)49-30-35-33-8-3-1-6-31(33)32-7-2-4-9-34(32)35/h1-4,6-9,35H,5,10-30H2,(H,38,39). The molecule has 3 rings (SSSR count). The zero-order valence-corrected chi connectivity index (χ0v) is 28.6. The molecule has 0 fully saturated rings. The molecule has 0 radical (unpaired) electrons. The van der Waals surface area contributed by atoms with E-state index in [-0.39, 0.29) is 12.5 Å². The molecule has 0 aliphatic heterocycles. The Hall–Kier alpha value is -2.72. The van der Waals surface area contributed by atoms with Gasteiger partial charge in [-0.05, 0) is 28.7 Å². The Morgan fingerprint density at radius 1 is 0.510 bits per heavy atom. The molecule has 0 unspecified atom stereocenters. The van der Waals surface area contributed by atoms with Crippen molar-refractivity contribution in [2.45, 2.75) is 12.3 Å². The second kappa shape index (κ2) is 28.0. The van der Waals surface area contributed by atoms with Crippen molar-refractivity contribution in [3.8, 4) is 11.1 Å². The monoisotopic (exact) mass is 695 g/mol. The maximum Gasteiger partial charge on any atom is 0.407 e. The number of hydrogen-bond donors (Lipinski definition) is 1. The van der Waals surface area contributed by atoms with E-state index in [1.807, 2.05) is 24.3 Å². The highest BCUT2D eigenvalue weighted by Gasteiger charge is 2.28. The Morgan fingerprint density at radius 3 is 1.24 bits per heavy atom. The first-order chi connectivity index (χ1) is 24.3. The number of benzene rings is 2. The first kappa shape index (κ1) is 40.7. The Kier molecular flexibility index (Phi) is 23.3. The summed E-state index contributed by atoms with van der Waals surface area (Å²) < 4.78 is 66.0. The van der Waals surface area contributed by atoms with Crippen LogP contribution in [0.2, 0.25) is 0 Å². The number of alkyl carbamates (subject to hydrolysis) is 1. The zero-order valence-electron chi connectivity index (χ0n) is 28.6. The van der Waals surface area contributed by atoms with Crippen LogP contribution in [0.25, 0.3) is 11.1 Å². The highest BCUT2D eigenvalue weighted by Crippen LogP contribution is 2.44. The predicted molar refractivity (Wildman–Crippen MR) is 181 cm³/mol. The number of carbonyl (C=O) groups excluding carboxylic acids is 1. The Morgan fingerprint density at radius 2 is 0.857 bits per heavy atom. The van der Waals surface area contributed by atoms with Gasteiger partial charge in [0, 0.05) is 19.1 Å². The van der Waals surface area contributed by atoms with Crippen LogP contribution in [0.4, 0.5) is 9.18 Å². The lowest BCUT2D eigenvalue weighted by Crippen LogP contribution is -2.27. The van der Waals surface area contributed by atoms with Gasteiger partial charge >= 0.3 is 6.09 Å². The lowest BCUT2D eigenvalue weighted by atomic mass is 9.98. The molecular formula is C36H54FNO11. The maximum absolute atomic E-state index is 12.2. The number of rotatable bonds is 32. The molecule has 0 heterocycles. The summed E-state index contributed by atoms with van der Waals surface area (Å²) in [6.45, 7) is 8.48. The summed E-state index contributed by atoms with van der Waals surface area (Å²) >= 11 is 0. The van der Waals surface area contributed by atoms with Gasteiger partial charge in [-0.3, -0.25) is 0 Å². The second-order valence-electron chi connectivity index (χ2n) is 10.8. The summed E-state index contributed by atoms with van der Waals surface area (Å²) in [7, 11) is 0. The molecule has 12 nitrogen and oxygen atoms in total. The van der Waals surface area contributed by atoms with Gasteiger partial charge in [0.05, 0.1) is 112 Å². The van der Waals surface area contributed by atoms with E-state index in [0.717, 1.165) is 0 Å². The van der Waals surface area contributed by atoms with E-state index in [9.17, 15) is 9.18 Å². The van der Waals surface area contributed by atoms with Crippen LogP contribution < -0.4 is 5.32 Å². The second-order valence-corrected chi connectivity index (χ2v) is 10.8. The van der Waals surface area contributed by atoms with Crippen LogP contribution in [0.1, 0.15) is 23.5 Å². The minimum absolute atomic E-state index is 0.0487. The molecular weight excluding hydrogens is 641 g/mol. The van der Waals surface area contributed by atoms with Gasteiger partial charge < -0.3 is 52.7 Å². The van der Waals surface area contributed by atoms with Crippen molar-refractivity contribution in [1.29, 1.82) is 0 Å². The third kappa shape index (κ3) is 18.2. The summed E-state index contributed by atoms with van der Waals surface area (Å²) in [4.78, 5) is 12.2. The molecule has 1 N–H and O–H groups in total. The van der Waals surface area contributed by atoms with Gasteiger partial charge in [-0.2, -0.15) is 0 Å². The van der Waals surface area contributed by atoms with E-state index in [1.54, 1.807) is 0 Å². The zero-order chi connectivity index (χ0) is 34.5. The van der Waals surface area contributed by atoms with E-state index < -0.39 is 12.8 Å². The van der Waals surface area contributed by atoms with Crippen molar-refractivity contribution in [3.63, 3.8) is 0 Å². The fourth-order valence-corrected chi connectivity index (χ4v) is 4.93. The summed E-state index contributed by atoms with van der Waals surface area (Å²) in [6, 6.07) is 16.5. The van der Waals surface area contributed by atoms with Crippen molar-refractivity contribution in [3.05, 3.63) is 59.7 Å². The highest BCUT2D eigenvalue weighted by atomic mass is 19.1. The van der Waals surface area contributed by atoms with Gasteiger partial charge in [-0.15, -0.1) is 0 Å². The minimum atomic E-state index is -0.478. The van der Waals surface area contributed by atoms with Gasteiger partial charge in [-0.1, -0.05) is 48.5 Å². The largest absolute Gasteiger partial charge is 0.449 e. The molecule has 0 bridgehead atoms. The molecule has 1 aliphatic rings. The van der Waals surface area contributed by atoms with Crippen molar-refractivity contribution >= 4 is 6.09 Å². The van der Waals surface area contributed by atoms with Crippen LogP contribution in [0.3, 0.4) is 0 Å². The topological polar surface area (TPSA) is 121 Å². The number of fused-ring (bicyclic) bond motifs is 3. The van der Waals surface area contributed by atoms with Crippen LogP contribution in [-0.4, -0.2) is 145 Å². The summed E-state index contributed by atoms with van der Waals surface area (Å²) in [5.41, 5.74) is 4.80. The Bertz CT molecular complexity index is 1070. The van der Waals surface area contributed by atoms with Crippen molar-refractivity contribution in [2.24, 2.45) is 0 Å². The van der Waals surface area contributed by atoms with Crippen LogP contribution >= 0.6 is 0 Å². The number of carbonyl (C=O) groups is 1. The summed E-state index contributed by atoms with van der Waals surface area (Å²) in [5.74, 6) is 0.0487. The van der Waals surface area contributed by atoms with E-state index in [4.69, 9.17) is 47.4 Å². The SMILES string of the molecule is O=C(NCCCOCCOCCOCCOCCOCCOCCOCCOCCOCCF)OCC1c2ccccc2-c2ccccc21. The fourth-order valence-electron chi connectivity index (χ4n) is 4.93. The molecule has 276 valence electrons. The number of halogens is 1. The number of ether oxygens (including phenoxy) is 10. The van der Waals surface area contributed by atoms with Crippen LogP contribution in [0, 0.1) is 0 Å². The van der Waals surface area contributed by atoms with Crippen molar-refractivity contribution in [2.75, 3.05) is 139 Å². The minimum Gasteiger partial charge on any atom is -0.449 e. The smallest absolute Gasteiger partial charge is 0.407 e. The average Bonchev–Trinajstić information content (AvgIpc) is 3.45. The molecule has 0 atom stereocenters. The molecule has 13 heteroatoms. The first-order valence-corrected chi connectivity index (χ1v) is 17.2. The molecule has 2 aromatic carbocycles. The van der Waals surface area contributed by atoms with E-state index in [0.29, 0.717) is 132 Å². The molecule has 49 heavy (non-hydrogen) atoms. The fraction of sp³-hybridized carbons (Fsp3) is 0.639. The molecule has 2 aromatic rings. The van der Waals surface area contributed by atoms with Gasteiger partial charge in [0.2, 0.25) is 0 Å². The summed E-state index contributed by atoms with van der Waals surface area (Å²) in [5, 5.41) is 2.80. The summed E-state index contributed by atoms with van der Waals surface area (Å²) in [6.07, 6.45) is 0.265. The molecule has 0 saturated carbocycles. The highest BCUT2D eigenvalue weighted by molar-refractivity contribution is 5.79.